The van der Waals surface area contributed by atoms with Crippen molar-refractivity contribution in [3.63, 3.8) is 0 Å². The lowest BCUT2D eigenvalue weighted by Gasteiger charge is -2.03. The number of H-pyrrole nitrogens is 1. The summed E-state index contributed by atoms with van der Waals surface area (Å²) in [7, 11) is 0. The number of ketones is 1. The molecule has 0 saturated heterocycles. The second kappa shape index (κ2) is 5.15. The van der Waals surface area contributed by atoms with Crippen molar-refractivity contribution in [2.45, 2.75) is 13.0 Å². The van der Waals surface area contributed by atoms with E-state index in [1.807, 2.05) is 12.1 Å². The Kier molecular flexibility index (Phi) is 3.39. The first-order valence-electron chi connectivity index (χ1n) is 5.32. The smallest absolute Gasteiger partial charge is 0.293 e. The Morgan fingerprint density at radius 3 is 3.06 bits per heavy atom. The van der Waals surface area contributed by atoms with Crippen molar-refractivity contribution in [3.05, 3.63) is 35.5 Å². The highest BCUT2D eigenvalue weighted by molar-refractivity contribution is 6.09. The highest BCUT2D eigenvalue weighted by atomic mass is 16.5. The molecule has 1 aromatic heterocycles. The zero-order chi connectivity index (χ0) is 13.0. The Hall–Kier alpha value is -2.61. The minimum absolute atomic E-state index is 0.103. The van der Waals surface area contributed by atoms with E-state index in [0.29, 0.717) is 17.4 Å². The molecular formula is C13H10N2O3. The van der Waals surface area contributed by atoms with Gasteiger partial charge in [-0.25, -0.2) is 0 Å². The molecule has 0 radical (unpaired) electrons. The van der Waals surface area contributed by atoms with Crippen molar-refractivity contribution in [1.29, 1.82) is 5.26 Å². The van der Waals surface area contributed by atoms with E-state index in [1.54, 1.807) is 18.3 Å². The van der Waals surface area contributed by atoms with E-state index in [0.717, 1.165) is 11.1 Å². The molecule has 2 rings (SSSR count). The molecule has 1 N–H and O–H groups in total. The maximum absolute atomic E-state index is 11.8. The van der Waals surface area contributed by atoms with Crippen LogP contribution in [0.2, 0.25) is 0 Å². The van der Waals surface area contributed by atoms with Crippen LogP contribution in [0.4, 0.5) is 0 Å². The van der Waals surface area contributed by atoms with Crippen molar-refractivity contribution in [1.82, 2.24) is 4.98 Å². The molecule has 0 unspecified atom stereocenters. The van der Waals surface area contributed by atoms with E-state index in [1.165, 1.54) is 0 Å². The first kappa shape index (κ1) is 11.9. The van der Waals surface area contributed by atoms with Gasteiger partial charge in [-0.1, -0.05) is 12.1 Å². The van der Waals surface area contributed by atoms with Crippen LogP contribution in [0.25, 0.3) is 10.9 Å². The molecule has 2 aromatic rings. The second-order valence-electron chi connectivity index (χ2n) is 3.71. The number of fused-ring (bicyclic) bond motifs is 1. The summed E-state index contributed by atoms with van der Waals surface area (Å²) in [5, 5.41) is 9.27. The van der Waals surface area contributed by atoms with Gasteiger partial charge in [-0.15, -0.1) is 0 Å². The Labute approximate surface area is 103 Å². The van der Waals surface area contributed by atoms with Gasteiger partial charge in [0, 0.05) is 22.7 Å². The minimum Gasteiger partial charge on any atom is -0.463 e. The summed E-state index contributed by atoms with van der Waals surface area (Å²) in [6.07, 6.45) is 1.41. The Balaban J connectivity index is 2.51. The van der Waals surface area contributed by atoms with Crippen molar-refractivity contribution in [2.24, 2.45) is 0 Å². The van der Waals surface area contributed by atoms with Crippen LogP contribution in [0.1, 0.15) is 22.3 Å². The Bertz CT molecular complexity index is 637. The molecule has 18 heavy (non-hydrogen) atoms. The van der Waals surface area contributed by atoms with E-state index in [9.17, 15) is 9.59 Å². The first-order chi connectivity index (χ1) is 8.77. The van der Waals surface area contributed by atoms with Gasteiger partial charge in [0.15, 0.2) is 5.78 Å². The monoisotopic (exact) mass is 242 g/mol. The zero-order valence-corrected chi connectivity index (χ0v) is 9.47. The quantitative estimate of drug-likeness (QED) is 0.641. The average Bonchev–Trinajstić information content (AvgIpc) is 2.81. The van der Waals surface area contributed by atoms with Gasteiger partial charge in [0.05, 0.1) is 12.5 Å². The molecule has 5 heteroatoms. The van der Waals surface area contributed by atoms with Crippen molar-refractivity contribution in [3.8, 4) is 6.07 Å². The number of benzene rings is 1. The topological polar surface area (TPSA) is 82.9 Å². The maximum Gasteiger partial charge on any atom is 0.293 e. The van der Waals surface area contributed by atoms with Crippen molar-refractivity contribution < 1.29 is 14.3 Å². The number of Topliss-reactive ketones (excluding diaryl/α,β-unsaturated/α-hetero) is 1. The number of carbonyl (C=O) groups excluding carboxylic acids is 2. The third-order valence-electron chi connectivity index (χ3n) is 2.64. The SMILES string of the molecule is N#CCC(=O)c1c[nH]c2cccc(COC=O)c12. The van der Waals surface area contributed by atoms with Gasteiger partial charge in [0.2, 0.25) is 0 Å². The highest BCUT2D eigenvalue weighted by Crippen LogP contribution is 2.24. The molecule has 0 bridgehead atoms. The standard InChI is InChI=1S/C13H10N2O3/c14-5-4-12(17)10-6-15-11-3-1-2-9(13(10)11)7-18-8-16/h1-3,6,8,15H,4,7H2. The average molecular weight is 242 g/mol. The number of hydrogen-bond donors (Lipinski definition) is 1. The molecule has 0 amide bonds. The third-order valence-corrected chi connectivity index (χ3v) is 2.64. The fourth-order valence-electron chi connectivity index (χ4n) is 1.89. The number of nitrogens with one attached hydrogen (secondary N) is 1. The van der Waals surface area contributed by atoms with Gasteiger partial charge >= 0.3 is 0 Å². The molecule has 0 fully saturated rings. The number of rotatable bonds is 5. The van der Waals surface area contributed by atoms with E-state index in [-0.39, 0.29) is 18.8 Å². The van der Waals surface area contributed by atoms with E-state index < -0.39 is 0 Å². The van der Waals surface area contributed by atoms with Crippen LogP contribution in [0.3, 0.4) is 0 Å². The molecule has 0 aliphatic heterocycles. The largest absolute Gasteiger partial charge is 0.463 e. The summed E-state index contributed by atoms with van der Waals surface area (Å²) in [6, 6.07) is 7.24. The number of aromatic amines is 1. The van der Waals surface area contributed by atoms with Gasteiger partial charge in [-0.2, -0.15) is 5.26 Å². The Morgan fingerprint density at radius 1 is 1.50 bits per heavy atom. The number of ether oxygens (including phenoxy) is 1. The predicted molar refractivity (Wildman–Crippen MR) is 63.7 cm³/mol. The number of hydrogen-bond acceptors (Lipinski definition) is 4. The van der Waals surface area contributed by atoms with Gasteiger partial charge in [-0.3, -0.25) is 9.59 Å². The molecule has 1 heterocycles. The number of nitriles is 1. The van der Waals surface area contributed by atoms with E-state index >= 15 is 0 Å². The second-order valence-corrected chi connectivity index (χ2v) is 3.71. The summed E-state index contributed by atoms with van der Waals surface area (Å²) >= 11 is 0. The van der Waals surface area contributed by atoms with Gasteiger partial charge in [-0.05, 0) is 11.6 Å². The lowest BCUT2D eigenvalue weighted by Crippen LogP contribution is -1.98. The molecule has 0 spiro atoms. The van der Waals surface area contributed by atoms with Crippen LogP contribution < -0.4 is 0 Å². The molecule has 0 atom stereocenters. The van der Waals surface area contributed by atoms with Crippen LogP contribution >= 0.6 is 0 Å². The molecule has 1 aromatic carbocycles. The molecule has 0 saturated carbocycles. The molecule has 0 aliphatic rings. The first-order valence-corrected chi connectivity index (χ1v) is 5.32. The summed E-state index contributed by atoms with van der Waals surface area (Å²) in [4.78, 5) is 25.0. The van der Waals surface area contributed by atoms with Crippen molar-refractivity contribution in [2.75, 3.05) is 0 Å². The summed E-state index contributed by atoms with van der Waals surface area (Å²) in [6.45, 7) is 0.466. The van der Waals surface area contributed by atoms with Crippen LogP contribution in [0.5, 0.6) is 0 Å². The highest BCUT2D eigenvalue weighted by Gasteiger charge is 2.14. The molecule has 5 nitrogen and oxygen atoms in total. The maximum atomic E-state index is 11.8. The third kappa shape index (κ3) is 2.09. The fourth-order valence-corrected chi connectivity index (χ4v) is 1.89. The van der Waals surface area contributed by atoms with Crippen LogP contribution in [0, 0.1) is 11.3 Å². The lowest BCUT2D eigenvalue weighted by atomic mass is 10.0. The minimum atomic E-state index is -0.248. The summed E-state index contributed by atoms with van der Waals surface area (Å²) in [5.74, 6) is -0.248. The molecular weight excluding hydrogens is 232 g/mol. The van der Waals surface area contributed by atoms with E-state index in [4.69, 9.17) is 10.00 Å². The summed E-state index contributed by atoms with van der Waals surface area (Å²) < 4.78 is 4.72. The van der Waals surface area contributed by atoms with Gasteiger partial charge in [0.25, 0.3) is 6.47 Å². The van der Waals surface area contributed by atoms with Crippen LogP contribution in [0.15, 0.2) is 24.4 Å². The number of carbonyl (C=O) groups is 2. The molecule has 0 aliphatic carbocycles. The zero-order valence-electron chi connectivity index (χ0n) is 9.47. The van der Waals surface area contributed by atoms with Crippen LogP contribution in [-0.4, -0.2) is 17.2 Å². The van der Waals surface area contributed by atoms with Crippen molar-refractivity contribution >= 4 is 23.2 Å². The Morgan fingerprint density at radius 2 is 2.33 bits per heavy atom. The number of nitrogens with zero attached hydrogens (tertiary/aromatic N) is 1. The normalized spacial score (nSPS) is 9.94. The number of aromatic nitrogens is 1. The molecule has 90 valence electrons. The predicted octanol–water partition coefficient (Wildman–Crippen LogP) is 1.94. The van der Waals surface area contributed by atoms with Crippen LogP contribution in [-0.2, 0) is 16.1 Å². The fraction of sp³-hybridized carbons (Fsp3) is 0.154. The van der Waals surface area contributed by atoms with Gasteiger partial charge in [0.1, 0.15) is 6.61 Å². The summed E-state index contributed by atoms with van der Waals surface area (Å²) in [5.41, 5.74) is 1.97. The lowest BCUT2D eigenvalue weighted by molar-refractivity contribution is -0.129. The van der Waals surface area contributed by atoms with Gasteiger partial charge < -0.3 is 9.72 Å². The van der Waals surface area contributed by atoms with E-state index in [2.05, 4.69) is 4.98 Å².